The van der Waals surface area contributed by atoms with Gasteiger partial charge in [0.05, 0.1) is 0 Å². The third-order valence-electron chi connectivity index (χ3n) is 7.76. The van der Waals surface area contributed by atoms with E-state index in [1.165, 1.54) is 6.42 Å². The molecule has 8 nitrogen and oxygen atoms in total. The van der Waals surface area contributed by atoms with Crippen molar-refractivity contribution in [2.75, 3.05) is 6.54 Å². The number of hydrogen-bond donors (Lipinski definition) is 3. The standard InChI is InChI=1S/C31H35N5O3/c1-22-11-10-15-27(35-22)39-29(38)36-30(2,19-23-20-33-25-13-5-4-12-24(23)25)28(37)34-21-31(16-7-3-8-17-31)26-14-6-9-18-32-26/h4-6,9-15,18,20,33H,3,7-8,16-17,19,21H2,1-2H3,(H,34,37)(H,36,38)/t30-/m0/s1. The smallest absolute Gasteiger partial charge is 0.391 e. The number of hydrogen-bond acceptors (Lipinski definition) is 5. The first kappa shape index (κ1) is 26.4. The first-order valence-corrected chi connectivity index (χ1v) is 13.6. The minimum Gasteiger partial charge on any atom is -0.391 e. The molecule has 0 radical (unpaired) electrons. The highest BCUT2D eigenvalue weighted by molar-refractivity contribution is 5.92. The average molecular weight is 526 g/mol. The summed E-state index contributed by atoms with van der Waals surface area (Å²) >= 11 is 0. The maximum Gasteiger partial charge on any atom is 0.414 e. The van der Waals surface area contributed by atoms with Crippen LogP contribution in [0.5, 0.6) is 5.88 Å². The van der Waals surface area contributed by atoms with Crippen LogP contribution in [0, 0.1) is 6.92 Å². The number of aryl methyl sites for hydroxylation is 1. The van der Waals surface area contributed by atoms with Crippen LogP contribution in [0.4, 0.5) is 4.79 Å². The molecule has 0 bridgehead atoms. The lowest BCUT2D eigenvalue weighted by atomic mass is 9.71. The number of benzene rings is 1. The molecule has 1 fully saturated rings. The van der Waals surface area contributed by atoms with Gasteiger partial charge in [-0.05, 0) is 56.5 Å². The predicted octanol–water partition coefficient (Wildman–Crippen LogP) is 5.37. The summed E-state index contributed by atoms with van der Waals surface area (Å²) in [5.41, 5.74) is 2.11. The minimum atomic E-state index is -1.29. The molecule has 2 amide bonds. The minimum absolute atomic E-state index is 0.179. The first-order chi connectivity index (χ1) is 18.9. The number of amides is 2. The fourth-order valence-corrected chi connectivity index (χ4v) is 5.63. The largest absolute Gasteiger partial charge is 0.414 e. The molecule has 3 aromatic heterocycles. The SMILES string of the molecule is Cc1cccc(OC(=O)N[C@@](C)(Cc2c[nH]c3ccccc23)C(=O)NCC2(c3ccccn3)CCCCC2)n1. The van der Waals surface area contributed by atoms with Crippen LogP contribution < -0.4 is 15.4 Å². The lowest BCUT2D eigenvalue weighted by Gasteiger charge is -2.38. The van der Waals surface area contributed by atoms with E-state index in [2.05, 4.69) is 25.6 Å². The Morgan fingerprint density at radius 1 is 1.03 bits per heavy atom. The molecule has 0 unspecified atom stereocenters. The van der Waals surface area contributed by atoms with Crippen molar-refractivity contribution in [1.82, 2.24) is 25.6 Å². The van der Waals surface area contributed by atoms with Crippen molar-refractivity contribution in [3.05, 3.63) is 90.0 Å². The second kappa shape index (κ2) is 11.3. The summed E-state index contributed by atoms with van der Waals surface area (Å²) in [5.74, 6) is -0.0959. The fraction of sp³-hybridized carbons (Fsp3) is 0.355. The van der Waals surface area contributed by atoms with Crippen molar-refractivity contribution in [2.24, 2.45) is 0 Å². The number of H-pyrrole nitrogens is 1. The summed E-state index contributed by atoms with van der Waals surface area (Å²) in [6.45, 7) is 4.01. The number of fused-ring (bicyclic) bond motifs is 1. The quantitative estimate of drug-likeness (QED) is 0.286. The number of carbonyl (C=O) groups is 2. The number of carbonyl (C=O) groups excluding carboxylic acids is 2. The van der Waals surface area contributed by atoms with Crippen LogP contribution in [0.25, 0.3) is 10.9 Å². The van der Waals surface area contributed by atoms with Crippen LogP contribution >= 0.6 is 0 Å². The van der Waals surface area contributed by atoms with Gasteiger partial charge in [-0.2, -0.15) is 0 Å². The molecule has 1 saturated carbocycles. The van der Waals surface area contributed by atoms with Crippen molar-refractivity contribution < 1.29 is 14.3 Å². The molecule has 1 aromatic carbocycles. The zero-order chi connectivity index (χ0) is 27.3. The van der Waals surface area contributed by atoms with Gasteiger partial charge in [0, 0.05) is 59.1 Å². The number of aromatic amines is 1. The highest BCUT2D eigenvalue weighted by Gasteiger charge is 2.40. The van der Waals surface area contributed by atoms with Crippen molar-refractivity contribution in [3.8, 4) is 5.88 Å². The molecular weight excluding hydrogens is 490 g/mol. The summed E-state index contributed by atoms with van der Waals surface area (Å²) in [6.07, 6.45) is 8.52. The summed E-state index contributed by atoms with van der Waals surface area (Å²) in [7, 11) is 0. The van der Waals surface area contributed by atoms with Gasteiger partial charge in [-0.1, -0.05) is 49.6 Å². The molecule has 0 saturated heterocycles. The van der Waals surface area contributed by atoms with Crippen molar-refractivity contribution in [1.29, 1.82) is 0 Å². The van der Waals surface area contributed by atoms with E-state index in [0.717, 1.165) is 53.5 Å². The number of rotatable bonds is 8. The van der Waals surface area contributed by atoms with Crippen LogP contribution in [-0.4, -0.2) is 39.0 Å². The highest BCUT2D eigenvalue weighted by atomic mass is 16.6. The molecule has 3 heterocycles. The molecule has 8 heteroatoms. The molecule has 0 aliphatic heterocycles. The predicted molar refractivity (Wildman–Crippen MR) is 151 cm³/mol. The molecular formula is C31H35N5O3. The van der Waals surface area contributed by atoms with Gasteiger partial charge >= 0.3 is 6.09 Å². The van der Waals surface area contributed by atoms with Crippen molar-refractivity contribution >= 4 is 22.9 Å². The maximum absolute atomic E-state index is 14.0. The normalized spacial score (nSPS) is 16.3. The first-order valence-electron chi connectivity index (χ1n) is 13.6. The van der Waals surface area contributed by atoms with Crippen LogP contribution in [0.3, 0.4) is 0 Å². The molecule has 4 aromatic rings. The fourth-order valence-electron chi connectivity index (χ4n) is 5.63. The molecule has 0 spiro atoms. The van der Waals surface area contributed by atoms with Crippen LogP contribution in [0.2, 0.25) is 0 Å². The number of pyridine rings is 2. The topological polar surface area (TPSA) is 109 Å². The van der Waals surface area contributed by atoms with E-state index in [-0.39, 0.29) is 23.6 Å². The maximum atomic E-state index is 14.0. The van der Waals surface area contributed by atoms with E-state index < -0.39 is 11.6 Å². The van der Waals surface area contributed by atoms with Gasteiger partial charge in [0.25, 0.3) is 0 Å². The second-order valence-corrected chi connectivity index (χ2v) is 10.7. The number of aromatic nitrogens is 3. The van der Waals surface area contributed by atoms with E-state index in [4.69, 9.17) is 4.74 Å². The van der Waals surface area contributed by atoms with E-state index in [0.29, 0.717) is 6.54 Å². The third-order valence-corrected chi connectivity index (χ3v) is 7.76. The molecule has 1 aliphatic rings. The zero-order valence-corrected chi connectivity index (χ0v) is 22.5. The monoisotopic (exact) mass is 525 g/mol. The number of nitrogens with one attached hydrogen (secondary N) is 3. The van der Waals surface area contributed by atoms with Gasteiger partial charge in [-0.15, -0.1) is 0 Å². The lowest BCUT2D eigenvalue weighted by molar-refractivity contribution is -0.127. The van der Waals surface area contributed by atoms with Gasteiger partial charge < -0.3 is 20.4 Å². The lowest BCUT2D eigenvalue weighted by Crippen LogP contribution is -2.60. The molecule has 1 aliphatic carbocycles. The Morgan fingerprint density at radius 3 is 2.59 bits per heavy atom. The third kappa shape index (κ3) is 5.95. The second-order valence-electron chi connectivity index (χ2n) is 10.7. The van der Waals surface area contributed by atoms with Crippen LogP contribution in [0.1, 0.15) is 56.0 Å². The Kier molecular flexibility index (Phi) is 7.63. The summed E-state index contributed by atoms with van der Waals surface area (Å²) in [4.78, 5) is 39.2. The number of nitrogens with zero attached hydrogens (tertiary/aromatic N) is 2. The molecule has 1 atom stereocenters. The Balaban J connectivity index is 1.39. The van der Waals surface area contributed by atoms with Gasteiger partial charge in [-0.3, -0.25) is 9.78 Å². The van der Waals surface area contributed by atoms with E-state index in [1.807, 2.05) is 67.8 Å². The molecule has 39 heavy (non-hydrogen) atoms. The highest BCUT2D eigenvalue weighted by Crippen LogP contribution is 2.38. The molecule has 202 valence electrons. The van der Waals surface area contributed by atoms with Gasteiger partial charge in [0.1, 0.15) is 5.54 Å². The van der Waals surface area contributed by atoms with Gasteiger partial charge in [-0.25, -0.2) is 9.78 Å². The van der Waals surface area contributed by atoms with Gasteiger partial charge in [0.15, 0.2) is 0 Å². The van der Waals surface area contributed by atoms with E-state index >= 15 is 0 Å². The van der Waals surface area contributed by atoms with Crippen molar-refractivity contribution in [3.63, 3.8) is 0 Å². The summed E-state index contributed by atoms with van der Waals surface area (Å²) in [6, 6.07) is 19.1. The van der Waals surface area contributed by atoms with E-state index in [1.54, 1.807) is 19.1 Å². The number of ether oxygens (including phenoxy) is 1. The molecule has 5 rings (SSSR count). The van der Waals surface area contributed by atoms with E-state index in [9.17, 15) is 9.59 Å². The Hall–Kier alpha value is -4.20. The van der Waals surface area contributed by atoms with Crippen molar-refractivity contribution in [2.45, 2.75) is 63.3 Å². The average Bonchev–Trinajstić information content (AvgIpc) is 3.35. The summed E-state index contributed by atoms with van der Waals surface area (Å²) < 4.78 is 5.47. The summed E-state index contributed by atoms with van der Waals surface area (Å²) in [5, 5.41) is 7.06. The Morgan fingerprint density at radius 2 is 1.82 bits per heavy atom. The molecule has 3 N–H and O–H groups in total. The van der Waals surface area contributed by atoms with Crippen LogP contribution in [0.15, 0.2) is 73.1 Å². The Bertz CT molecular complexity index is 1440. The van der Waals surface area contributed by atoms with Gasteiger partial charge in [0.2, 0.25) is 11.8 Å². The Labute approximate surface area is 228 Å². The number of para-hydroxylation sites is 1. The zero-order valence-electron chi connectivity index (χ0n) is 22.5. The van der Waals surface area contributed by atoms with Crippen LogP contribution in [-0.2, 0) is 16.6 Å².